The van der Waals surface area contributed by atoms with Crippen LogP contribution in [0.5, 0.6) is 5.75 Å². The van der Waals surface area contributed by atoms with Gasteiger partial charge in [-0.3, -0.25) is 0 Å². The van der Waals surface area contributed by atoms with Crippen molar-refractivity contribution < 1.29 is 9.68 Å². The highest BCUT2D eigenvalue weighted by molar-refractivity contribution is 6.17. The Kier molecular flexibility index (Phi) is 6.41. The van der Waals surface area contributed by atoms with Gasteiger partial charge in [-0.15, -0.1) is 0 Å². The molecule has 0 saturated heterocycles. The van der Waals surface area contributed by atoms with Gasteiger partial charge in [0.05, 0.1) is 0 Å². The van der Waals surface area contributed by atoms with Crippen molar-refractivity contribution in [3.63, 3.8) is 0 Å². The van der Waals surface area contributed by atoms with E-state index in [2.05, 4.69) is 102 Å². The van der Waals surface area contributed by atoms with E-state index in [0.717, 1.165) is 22.6 Å². The minimum absolute atomic E-state index is 0.573. The van der Waals surface area contributed by atoms with E-state index < -0.39 is 0 Å². The average Bonchev–Trinajstić information content (AvgIpc) is 2.92. The summed E-state index contributed by atoms with van der Waals surface area (Å²) in [4.78, 5) is 2.22. The van der Waals surface area contributed by atoms with Crippen LogP contribution in [-0.4, -0.2) is 12.7 Å². The van der Waals surface area contributed by atoms with E-state index in [0.29, 0.717) is 13.4 Å². The highest BCUT2D eigenvalue weighted by atomic mass is 16.5. The molecule has 1 radical (unpaired) electrons. The molecule has 0 aliphatic carbocycles. The van der Waals surface area contributed by atoms with Crippen molar-refractivity contribution in [2.24, 2.45) is 0 Å². The van der Waals surface area contributed by atoms with Crippen LogP contribution in [0.4, 0.5) is 17.1 Å². The Hall–Kier alpha value is -4.28. The van der Waals surface area contributed by atoms with Gasteiger partial charge in [-0.05, 0) is 70.8 Å². The minimum Gasteiger partial charge on any atom is -0.537 e. The normalized spacial score (nSPS) is 10.5. The van der Waals surface area contributed by atoms with Crippen LogP contribution in [0.25, 0.3) is 22.3 Å². The Morgan fingerprint density at radius 3 is 1.56 bits per heavy atom. The Morgan fingerprint density at radius 1 is 0.471 bits per heavy atom. The van der Waals surface area contributed by atoms with E-state index in [1.165, 1.54) is 16.7 Å². The van der Waals surface area contributed by atoms with E-state index in [1.54, 1.807) is 0 Å². The summed E-state index contributed by atoms with van der Waals surface area (Å²) in [5.74, 6) is 0.573. The van der Waals surface area contributed by atoms with Crippen molar-refractivity contribution in [2.45, 2.75) is 0 Å². The standard InChI is InChI=1S/C30H23BNO2/c33-31-34-30-20-18-28(19-21-30)32(27-16-14-25(15-17-27)23-8-3-1-4-9-23)29-13-7-12-26(22-29)24-10-5-2-6-11-24/h1-22,33H. The largest absolute Gasteiger partial charge is 0.569 e. The number of nitrogens with zero attached hydrogens (tertiary/aromatic N) is 1. The van der Waals surface area contributed by atoms with E-state index in [1.807, 2.05) is 36.4 Å². The molecule has 0 aromatic heterocycles. The number of benzene rings is 5. The van der Waals surface area contributed by atoms with Crippen molar-refractivity contribution >= 4 is 24.7 Å². The average molecular weight is 440 g/mol. The molecule has 0 fully saturated rings. The van der Waals surface area contributed by atoms with Gasteiger partial charge in [0.2, 0.25) is 0 Å². The molecule has 1 N–H and O–H groups in total. The van der Waals surface area contributed by atoms with Gasteiger partial charge >= 0.3 is 7.69 Å². The highest BCUT2D eigenvalue weighted by Crippen LogP contribution is 2.38. The van der Waals surface area contributed by atoms with Crippen LogP contribution < -0.4 is 9.55 Å². The van der Waals surface area contributed by atoms with Crippen LogP contribution in [-0.2, 0) is 0 Å². The zero-order valence-corrected chi connectivity index (χ0v) is 18.6. The summed E-state index contributed by atoms with van der Waals surface area (Å²) in [5, 5.41) is 8.96. The molecule has 3 nitrogen and oxygen atoms in total. The quantitative estimate of drug-likeness (QED) is 0.268. The molecule has 0 atom stereocenters. The minimum atomic E-state index is 0.573. The van der Waals surface area contributed by atoms with Crippen molar-refractivity contribution in [1.29, 1.82) is 0 Å². The second-order valence-corrected chi connectivity index (χ2v) is 7.88. The van der Waals surface area contributed by atoms with Crippen molar-refractivity contribution in [3.8, 4) is 28.0 Å². The van der Waals surface area contributed by atoms with Crippen LogP contribution in [0.2, 0.25) is 0 Å². The molecule has 0 spiro atoms. The number of rotatable bonds is 7. The molecule has 5 aromatic carbocycles. The highest BCUT2D eigenvalue weighted by Gasteiger charge is 2.14. The fourth-order valence-corrected chi connectivity index (χ4v) is 4.07. The van der Waals surface area contributed by atoms with Crippen molar-refractivity contribution in [2.75, 3.05) is 4.90 Å². The van der Waals surface area contributed by atoms with Gasteiger partial charge in [0, 0.05) is 17.1 Å². The molecule has 0 saturated carbocycles. The van der Waals surface area contributed by atoms with Gasteiger partial charge in [-0.2, -0.15) is 0 Å². The van der Waals surface area contributed by atoms with Gasteiger partial charge in [0.15, 0.2) is 0 Å². The Balaban J connectivity index is 1.57. The molecule has 0 heterocycles. The Bertz CT molecular complexity index is 1340. The maximum Gasteiger partial charge on any atom is 0.569 e. The SMILES string of the molecule is O[B]Oc1ccc(N(c2ccc(-c3ccccc3)cc2)c2cccc(-c3ccccc3)c2)cc1. The van der Waals surface area contributed by atoms with Gasteiger partial charge in [-0.1, -0.05) is 84.9 Å². The van der Waals surface area contributed by atoms with E-state index in [4.69, 9.17) is 9.68 Å². The van der Waals surface area contributed by atoms with Crippen molar-refractivity contribution in [3.05, 3.63) is 133 Å². The Morgan fingerprint density at radius 2 is 0.971 bits per heavy atom. The number of hydrogen-bond donors (Lipinski definition) is 1. The van der Waals surface area contributed by atoms with Crippen LogP contribution >= 0.6 is 0 Å². The van der Waals surface area contributed by atoms with Gasteiger partial charge in [0.25, 0.3) is 0 Å². The first-order valence-corrected chi connectivity index (χ1v) is 11.2. The van der Waals surface area contributed by atoms with Gasteiger partial charge in [-0.25, -0.2) is 0 Å². The summed E-state index contributed by atoms with van der Waals surface area (Å²) in [6.07, 6.45) is 0. The fraction of sp³-hybridized carbons (Fsp3) is 0. The number of anilines is 3. The summed E-state index contributed by atoms with van der Waals surface area (Å²) in [6.45, 7) is 0. The first kappa shape index (κ1) is 21.6. The Labute approximate surface area is 200 Å². The molecule has 0 amide bonds. The molecule has 0 aliphatic rings. The molecule has 5 aromatic rings. The zero-order chi connectivity index (χ0) is 23.2. The van der Waals surface area contributed by atoms with Crippen molar-refractivity contribution in [1.82, 2.24) is 0 Å². The van der Waals surface area contributed by atoms with Gasteiger partial charge < -0.3 is 14.6 Å². The second-order valence-electron chi connectivity index (χ2n) is 7.88. The zero-order valence-electron chi connectivity index (χ0n) is 18.6. The molecule has 0 unspecified atom stereocenters. The summed E-state index contributed by atoms with van der Waals surface area (Å²) in [5.41, 5.74) is 7.77. The van der Waals surface area contributed by atoms with Crippen LogP contribution in [0.3, 0.4) is 0 Å². The number of hydrogen-bond acceptors (Lipinski definition) is 3. The molecule has 4 heteroatoms. The first-order valence-electron chi connectivity index (χ1n) is 11.2. The third-order valence-corrected chi connectivity index (χ3v) is 5.73. The summed E-state index contributed by atoms with van der Waals surface area (Å²) in [7, 11) is 0.693. The summed E-state index contributed by atoms with van der Waals surface area (Å²) >= 11 is 0. The lowest BCUT2D eigenvalue weighted by Gasteiger charge is -2.26. The third-order valence-electron chi connectivity index (χ3n) is 5.73. The van der Waals surface area contributed by atoms with E-state index in [-0.39, 0.29) is 0 Å². The van der Waals surface area contributed by atoms with Crippen LogP contribution in [0, 0.1) is 0 Å². The monoisotopic (exact) mass is 440 g/mol. The lowest BCUT2D eigenvalue weighted by molar-refractivity contribution is 0.454. The van der Waals surface area contributed by atoms with Crippen LogP contribution in [0.1, 0.15) is 0 Å². The molecular formula is C30H23BNO2. The summed E-state index contributed by atoms with van der Waals surface area (Å²) in [6, 6.07) is 45.5. The lowest BCUT2D eigenvalue weighted by Crippen LogP contribution is -2.10. The topological polar surface area (TPSA) is 32.7 Å². The molecular weight excluding hydrogens is 417 g/mol. The predicted molar refractivity (Wildman–Crippen MR) is 141 cm³/mol. The smallest absolute Gasteiger partial charge is 0.537 e. The first-order chi connectivity index (χ1) is 16.8. The molecule has 5 rings (SSSR count). The van der Waals surface area contributed by atoms with Crippen LogP contribution in [0.15, 0.2) is 133 Å². The maximum absolute atomic E-state index is 8.96. The summed E-state index contributed by atoms with van der Waals surface area (Å²) < 4.78 is 5.11. The molecule has 0 aliphatic heterocycles. The molecule has 163 valence electrons. The van der Waals surface area contributed by atoms with Gasteiger partial charge in [0.1, 0.15) is 5.75 Å². The maximum atomic E-state index is 8.96. The second kappa shape index (κ2) is 10.1. The fourth-order valence-electron chi connectivity index (χ4n) is 4.07. The van der Waals surface area contributed by atoms with E-state index in [9.17, 15) is 0 Å². The van der Waals surface area contributed by atoms with E-state index >= 15 is 0 Å². The lowest BCUT2D eigenvalue weighted by atomic mass is 10.0. The predicted octanol–water partition coefficient (Wildman–Crippen LogP) is 7.40. The molecule has 34 heavy (non-hydrogen) atoms. The molecule has 0 bridgehead atoms. The third kappa shape index (κ3) is 4.73.